The highest BCUT2D eigenvalue weighted by Gasteiger charge is 2.10. The van der Waals surface area contributed by atoms with Crippen molar-refractivity contribution in [1.29, 1.82) is 0 Å². The van der Waals surface area contributed by atoms with E-state index in [1.165, 1.54) is 0 Å². The van der Waals surface area contributed by atoms with Crippen LogP contribution in [0.15, 0.2) is 59.2 Å². The number of rotatable bonds is 2. The van der Waals surface area contributed by atoms with E-state index in [9.17, 15) is 0 Å². The van der Waals surface area contributed by atoms with Crippen molar-refractivity contribution in [3.8, 4) is 16.9 Å². The first-order valence-electron chi connectivity index (χ1n) is 5.90. The lowest BCUT2D eigenvalue weighted by atomic mass is 10.1. The molecule has 0 saturated heterocycles. The Kier molecular flexibility index (Phi) is 3.83. The molecule has 1 heterocycles. The average Bonchev–Trinajstić information content (AvgIpc) is 2.88. The van der Waals surface area contributed by atoms with Crippen LogP contribution in [0.25, 0.3) is 16.9 Å². The van der Waals surface area contributed by atoms with Crippen LogP contribution in [-0.4, -0.2) is 9.78 Å². The maximum atomic E-state index is 6.25. The van der Waals surface area contributed by atoms with Gasteiger partial charge in [0, 0.05) is 15.1 Å². The van der Waals surface area contributed by atoms with Crippen molar-refractivity contribution in [3.63, 3.8) is 0 Å². The van der Waals surface area contributed by atoms with Crippen molar-refractivity contribution in [2.75, 3.05) is 0 Å². The predicted molar refractivity (Wildman–Crippen MR) is 86.7 cm³/mol. The Morgan fingerprint density at radius 1 is 0.950 bits per heavy atom. The minimum atomic E-state index is 0.569. The summed E-state index contributed by atoms with van der Waals surface area (Å²) in [5.41, 5.74) is 2.84. The van der Waals surface area contributed by atoms with E-state index in [1.807, 2.05) is 41.1 Å². The number of aromatic nitrogens is 2. The lowest BCUT2D eigenvalue weighted by Gasteiger charge is -2.10. The van der Waals surface area contributed by atoms with E-state index in [1.54, 1.807) is 18.3 Å². The number of hydrogen-bond donors (Lipinski definition) is 0. The van der Waals surface area contributed by atoms with Gasteiger partial charge in [0.25, 0.3) is 0 Å². The van der Waals surface area contributed by atoms with Gasteiger partial charge in [-0.3, -0.25) is 0 Å². The largest absolute Gasteiger partial charge is 0.232 e. The molecule has 3 aromatic rings. The summed E-state index contributed by atoms with van der Waals surface area (Å²) in [6, 6.07) is 15.4. The second-order valence-corrected chi connectivity index (χ2v) is 5.99. The van der Waals surface area contributed by atoms with E-state index in [0.717, 1.165) is 21.4 Å². The molecule has 1 aromatic heterocycles. The Morgan fingerprint density at radius 2 is 1.70 bits per heavy atom. The molecule has 2 aromatic carbocycles. The zero-order valence-electron chi connectivity index (χ0n) is 10.2. The third kappa shape index (κ3) is 2.62. The highest BCUT2D eigenvalue weighted by atomic mass is 79.9. The van der Waals surface area contributed by atoms with Crippen molar-refractivity contribution in [2.45, 2.75) is 0 Å². The average molecular weight is 368 g/mol. The molecular weight excluding hydrogens is 359 g/mol. The van der Waals surface area contributed by atoms with Crippen molar-refractivity contribution < 1.29 is 0 Å². The summed E-state index contributed by atoms with van der Waals surface area (Å²) >= 11 is 15.6. The molecule has 0 fully saturated rings. The van der Waals surface area contributed by atoms with Crippen LogP contribution in [0.1, 0.15) is 0 Å². The lowest BCUT2D eigenvalue weighted by molar-refractivity contribution is 0.888. The van der Waals surface area contributed by atoms with E-state index >= 15 is 0 Å². The first-order valence-corrected chi connectivity index (χ1v) is 7.45. The van der Waals surface area contributed by atoms with Gasteiger partial charge in [-0.05, 0) is 36.4 Å². The van der Waals surface area contributed by atoms with Crippen molar-refractivity contribution in [1.82, 2.24) is 9.78 Å². The zero-order valence-corrected chi connectivity index (χ0v) is 13.3. The Balaban J connectivity index is 2.12. The maximum absolute atomic E-state index is 6.25. The van der Waals surface area contributed by atoms with Gasteiger partial charge in [-0.1, -0.05) is 51.3 Å². The van der Waals surface area contributed by atoms with Crippen LogP contribution in [0.3, 0.4) is 0 Å². The summed E-state index contributed by atoms with van der Waals surface area (Å²) in [7, 11) is 0. The number of benzene rings is 2. The molecule has 100 valence electrons. The second-order valence-electron chi connectivity index (χ2n) is 4.23. The quantitative estimate of drug-likeness (QED) is 0.575. The lowest BCUT2D eigenvalue weighted by Crippen LogP contribution is -1.99. The molecule has 0 atom stereocenters. The Morgan fingerprint density at radius 3 is 2.40 bits per heavy atom. The molecule has 0 amide bonds. The van der Waals surface area contributed by atoms with E-state index < -0.39 is 0 Å². The summed E-state index contributed by atoms with van der Waals surface area (Å²) in [6.45, 7) is 0. The zero-order chi connectivity index (χ0) is 14.1. The summed E-state index contributed by atoms with van der Waals surface area (Å²) in [5.74, 6) is 0. The minimum absolute atomic E-state index is 0.569. The van der Waals surface area contributed by atoms with Crippen LogP contribution < -0.4 is 0 Å². The predicted octanol–water partition coefficient (Wildman–Crippen LogP) is 5.61. The van der Waals surface area contributed by atoms with Crippen LogP contribution in [0.5, 0.6) is 0 Å². The SMILES string of the molecule is Clc1ccc(-n2nccc2-c2ccc(Br)cc2)c(Cl)c1. The van der Waals surface area contributed by atoms with E-state index in [2.05, 4.69) is 21.0 Å². The molecule has 0 bridgehead atoms. The van der Waals surface area contributed by atoms with Gasteiger partial charge in [-0.15, -0.1) is 0 Å². The summed E-state index contributed by atoms with van der Waals surface area (Å²) in [4.78, 5) is 0. The summed E-state index contributed by atoms with van der Waals surface area (Å²) in [6.07, 6.45) is 1.75. The number of halogens is 3. The van der Waals surface area contributed by atoms with Gasteiger partial charge in [-0.25, -0.2) is 4.68 Å². The molecule has 0 saturated carbocycles. The summed E-state index contributed by atoms with van der Waals surface area (Å²) < 4.78 is 2.85. The fourth-order valence-corrected chi connectivity index (χ4v) is 2.74. The molecular formula is C15H9BrCl2N2. The molecule has 0 aliphatic heterocycles. The Labute approximate surface area is 135 Å². The van der Waals surface area contributed by atoms with Gasteiger partial charge in [0.2, 0.25) is 0 Å². The van der Waals surface area contributed by atoms with E-state index in [0.29, 0.717) is 10.0 Å². The molecule has 0 radical (unpaired) electrons. The van der Waals surface area contributed by atoms with Gasteiger partial charge in [-0.2, -0.15) is 5.10 Å². The van der Waals surface area contributed by atoms with Gasteiger partial charge in [0.1, 0.15) is 0 Å². The van der Waals surface area contributed by atoms with Gasteiger partial charge >= 0.3 is 0 Å². The van der Waals surface area contributed by atoms with Crippen molar-refractivity contribution in [3.05, 3.63) is 69.2 Å². The minimum Gasteiger partial charge on any atom is -0.232 e. The third-order valence-electron chi connectivity index (χ3n) is 2.92. The van der Waals surface area contributed by atoms with Gasteiger partial charge in [0.15, 0.2) is 0 Å². The molecule has 0 unspecified atom stereocenters. The fraction of sp³-hybridized carbons (Fsp3) is 0. The molecule has 2 nitrogen and oxygen atoms in total. The number of nitrogens with zero attached hydrogens (tertiary/aromatic N) is 2. The highest BCUT2D eigenvalue weighted by molar-refractivity contribution is 9.10. The normalized spacial score (nSPS) is 10.8. The smallest absolute Gasteiger partial charge is 0.0840 e. The van der Waals surface area contributed by atoms with Crippen LogP contribution in [0.4, 0.5) is 0 Å². The fourth-order valence-electron chi connectivity index (χ4n) is 1.99. The van der Waals surface area contributed by atoms with Gasteiger partial charge < -0.3 is 0 Å². The van der Waals surface area contributed by atoms with E-state index in [-0.39, 0.29) is 0 Å². The molecule has 0 spiro atoms. The first-order chi connectivity index (χ1) is 9.65. The van der Waals surface area contributed by atoms with Crippen LogP contribution in [0.2, 0.25) is 10.0 Å². The molecule has 5 heteroatoms. The van der Waals surface area contributed by atoms with E-state index in [4.69, 9.17) is 23.2 Å². The topological polar surface area (TPSA) is 17.8 Å². The molecule has 20 heavy (non-hydrogen) atoms. The molecule has 0 aliphatic rings. The maximum Gasteiger partial charge on any atom is 0.0840 e. The molecule has 3 rings (SSSR count). The van der Waals surface area contributed by atoms with Crippen LogP contribution in [0, 0.1) is 0 Å². The first kappa shape index (κ1) is 13.7. The van der Waals surface area contributed by atoms with Crippen LogP contribution in [-0.2, 0) is 0 Å². The second kappa shape index (κ2) is 5.60. The van der Waals surface area contributed by atoms with Gasteiger partial charge in [0.05, 0.1) is 22.6 Å². The Hall–Kier alpha value is -1.29. The monoisotopic (exact) mass is 366 g/mol. The highest BCUT2D eigenvalue weighted by Crippen LogP contribution is 2.29. The third-order valence-corrected chi connectivity index (χ3v) is 3.99. The number of hydrogen-bond acceptors (Lipinski definition) is 1. The summed E-state index contributed by atoms with van der Waals surface area (Å²) in [5, 5.41) is 5.53. The van der Waals surface area contributed by atoms with Crippen molar-refractivity contribution >= 4 is 39.1 Å². The van der Waals surface area contributed by atoms with Crippen LogP contribution >= 0.6 is 39.1 Å². The molecule has 0 aliphatic carbocycles. The van der Waals surface area contributed by atoms with Crippen molar-refractivity contribution in [2.24, 2.45) is 0 Å². The molecule has 0 N–H and O–H groups in total. The standard InChI is InChI=1S/C15H9BrCl2N2/c16-11-3-1-10(2-4-11)14-7-8-19-20(14)15-6-5-12(17)9-13(15)18/h1-9H. The Bertz CT molecular complexity index is 751.